The van der Waals surface area contributed by atoms with Crippen molar-refractivity contribution in [3.05, 3.63) is 38.9 Å². The molecule has 0 aromatic heterocycles. The van der Waals surface area contributed by atoms with Gasteiger partial charge in [0.1, 0.15) is 5.56 Å². The maximum Gasteiger partial charge on any atom is 0.283 e. The zero-order valence-electron chi connectivity index (χ0n) is 13.2. The van der Waals surface area contributed by atoms with Gasteiger partial charge in [-0.25, -0.2) is 0 Å². The highest BCUT2D eigenvalue weighted by atomic mass is 35.5. The lowest BCUT2D eigenvalue weighted by Crippen LogP contribution is -2.40. The van der Waals surface area contributed by atoms with Gasteiger partial charge in [0.25, 0.3) is 11.6 Å². The van der Waals surface area contributed by atoms with Gasteiger partial charge >= 0.3 is 0 Å². The highest BCUT2D eigenvalue weighted by Gasteiger charge is 2.24. The molecule has 0 aliphatic rings. The molecular weight excluding hydrogens is 322 g/mol. The van der Waals surface area contributed by atoms with Crippen molar-refractivity contribution in [3.63, 3.8) is 0 Å². The molecule has 1 N–H and O–H groups in total. The van der Waals surface area contributed by atoms with Gasteiger partial charge in [0.2, 0.25) is 5.91 Å². The summed E-state index contributed by atoms with van der Waals surface area (Å²) in [4.78, 5) is 36.1. The number of likely N-dealkylation sites (N-methyl/N-ethyl adjacent to an activating group) is 1. The minimum Gasteiger partial charge on any atom is -0.343 e. The molecule has 0 unspecified atom stereocenters. The van der Waals surface area contributed by atoms with E-state index in [4.69, 9.17) is 11.6 Å². The molecule has 1 aromatic carbocycles. The first-order chi connectivity index (χ1) is 10.9. The maximum absolute atomic E-state index is 12.1. The summed E-state index contributed by atoms with van der Waals surface area (Å²) in [5, 5.41) is 13.4. The van der Waals surface area contributed by atoms with E-state index in [0.717, 1.165) is 12.8 Å². The predicted molar refractivity (Wildman–Crippen MR) is 87.6 cm³/mol. The molecule has 8 heteroatoms. The number of rotatable bonds is 8. The van der Waals surface area contributed by atoms with E-state index in [9.17, 15) is 19.7 Å². The van der Waals surface area contributed by atoms with Gasteiger partial charge in [-0.3, -0.25) is 19.7 Å². The van der Waals surface area contributed by atoms with E-state index in [1.807, 2.05) is 13.8 Å². The number of nitro groups is 1. The molecule has 0 atom stereocenters. The molecule has 0 aliphatic heterocycles. The van der Waals surface area contributed by atoms with Crippen LogP contribution < -0.4 is 5.32 Å². The van der Waals surface area contributed by atoms with Crippen LogP contribution in [0.1, 0.15) is 37.0 Å². The van der Waals surface area contributed by atoms with E-state index in [1.165, 1.54) is 18.2 Å². The van der Waals surface area contributed by atoms with E-state index >= 15 is 0 Å². The Morgan fingerprint density at radius 3 is 2.61 bits per heavy atom. The van der Waals surface area contributed by atoms with Crippen molar-refractivity contribution in [3.8, 4) is 0 Å². The van der Waals surface area contributed by atoms with Crippen LogP contribution in [0.25, 0.3) is 0 Å². The molecule has 0 saturated carbocycles. The minimum atomic E-state index is -0.734. The largest absolute Gasteiger partial charge is 0.343 e. The van der Waals surface area contributed by atoms with E-state index < -0.39 is 10.8 Å². The number of unbranched alkanes of at least 4 members (excludes halogenated alkanes) is 1. The van der Waals surface area contributed by atoms with Crippen LogP contribution in [0.4, 0.5) is 5.69 Å². The number of halogens is 1. The molecule has 0 heterocycles. The van der Waals surface area contributed by atoms with Crippen molar-refractivity contribution in [1.82, 2.24) is 10.2 Å². The highest BCUT2D eigenvalue weighted by molar-refractivity contribution is 6.34. The first kappa shape index (κ1) is 18.9. The average Bonchev–Trinajstić information content (AvgIpc) is 2.52. The Hall–Kier alpha value is -2.15. The molecule has 0 spiro atoms. The van der Waals surface area contributed by atoms with Gasteiger partial charge in [-0.15, -0.1) is 0 Å². The summed E-state index contributed by atoms with van der Waals surface area (Å²) in [6, 6.07) is 3.99. The van der Waals surface area contributed by atoms with E-state index in [-0.39, 0.29) is 28.7 Å². The second-order valence-corrected chi connectivity index (χ2v) is 5.31. The average molecular weight is 342 g/mol. The van der Waals surface area contributed by atoms with Gasteiger partial charge in [0.15, 0.2) is 0 Å². The first-order valence-corrected chi connectivity index (χ1v) is 7.79. The van der Waals surface area contributed by atoms with Crippen LogP contribution in [-0.2, 0) is 4.79 Å². The lowest BCUT2D eigenvalue weighted by Gasteiger charge is -2.20. The van der Waals surface area contributed by atoms with Gasteiger partial charge in [0.05, 0.1) is 16.5 Å². The quantitative estimate of drug-likeness (QED) is 0.581. The van der Waals surface area contributed by atoms with Crippen molar-refractivity contribution in [2.75, 3.05) is 19.6 Å². The van der Waals surface area contributed by atoms with Crippen molar-refractivity contribution in [1.29, 1.82) is 0 Å². The van der Waals surface area contributed by atoms with Crippen LogP contribution in [-0.4, -0.2) is 41.3 Å². The van der Waals surface area contributed by atoms with Crippen LogP contribution in [0, 0.1) is 10.1 Å². The summed E-state index contributed by atoms with van der Waals surface area (Å²) >= 11 is 5.88. The summed E-state index contributed by atoms with van der Waals surface area (Å²) in [6.07, 6.45) is 1.84. The normalized spacial score (nSPS) is 10.2. The third-order valence-electron chi connectivity index (χ3n) is 3.33. The number of nitrogens with zero attached hydrogens (tertiary/aromatic N) is 2. The smallest absolute Gasteiger partial charge is 0.283 e. The second-order valence-electron chi connectivity index (χ2n) is 4.90. The number of carbonyl (C=O) groups excluding carboxylic acids is 2. The SMILES string of the molecule is CCCCN(CC)C(=O)CNC(=O)c1c(Cl)cccc1[N+](=O)[O-]. The number of hydrogen-bond donors (Lipinski definition) is 1. The predicted octanol–water partition coefficient (Wildman–Crippen LogP) is 2.63. The number of nitro benzene ring substituents is 1. The molecule has 1 aromatic rings. The molecule has 0 fully saturated rings. The summed E-state index contributed by atoms with van der Waals surface area (Å²) in [5.41, 5.74) is -0.621. The Bertz CT molecular complexity index is 592. The van der Waals surface area contributed by atoms with Crippen molar-refractivity contribution >= 4 is 29.1 Å². The zero-order chi connectivity index (χ0) is 17.4. The zero-order valence-corrected chi connectivity index (χ0v) is 13.9. The molecule has 0 radical (unpaired) electrons. The molecule has 0 saturated heterocycles. The number of carbonyl (C=O) groups is 2. The third kappa shape index (κ3) is 5.21. The van der Waals surface area contributed by atoms with Crippen LogP contribution in [0.2, 0.25) is 5.02 Å². The lowest BCUT2D eigenvalue weighted by molar-refractivity contribution is -0.385. The Kier molecular flexibility index (Phi) is 7.47. The number of amides is 2. The van der Waals surface area contributed by atoms with Crippen LogP contribution in [0.5, 0.6) is 0 Å². The highest BCUT2D eigenvalue weighted by Crippen LogP contribution is 2.25. The van der Waals surface area contributed by atoms with Crippen molar-refractivity contribution in [2.45, 2.75) is 26.7 Å². The second kappa shape index (κ2) is 9.09. The Balaban J connectivity index is 2.78. The standard InChI is InChI=1S/C15H20ClN3O4/c1-3-5-9-18(4-2)13(20)10-17-15(21)14-11(16)7-6-8-12(14)19(22)23/h6-8H,3-5,9-10H2,1-2H3,(H,17,21). The molecule has 7 nitrogen and oxygen atoms in total. The molecule has 126 valence electrons. The topological polar surface area (TPSA) is 92.6 Å². The van der Waals surface area contributed by atoms with E-state index in [2.05, 4.69) is 5.32 Å². The first-order valence-electron chi connectivity index (χ1n) is 7.41. The molecular formula is C15H20ClN3O4. The fraction of sp³-hybridized carbons (Fsp3) is 0.467. The van der Waals surface area contributed by atoms with Gasteiger partial charge < -0.3 is 10.2 Å². The van der Waals surface area contributed by atoms with E-state index in [1.54, 1.807) is 4.90 Å². The molecule has 1 rings (SSSR count). The molecule has 0 aliphatic carbocycles. The fourth-order valence-electron chi connectivity index (χ4n) is 2.05. The Labute approximate surface area is 139 Å². The Morgan fingerprint density at radius 2 is 2.04 bits per heavy atom. The molecule has 2 amide bonds. The maximum atomic E-state index is 12.1. The minimum absolute atomic E-state index is 0.0255. The number of hydrogen-bond acceptors (Lipinski definition) is 4. The summed E-state index contributed by atoms with van der Waals surface area (Å²) in [7, 11) is 0. The van der Waals surface area contributed by atoms with Gasteiger partial charge in [-0.05, 0) is 19.4 Å². The van der Waals surface area contributed by atoms with Gasteiger partial charge in [0, 0.05) is 19.2 Å². The van der Waals surface area contributed by atoms with Crippen LogP contribution in [0.3, 0.4) is 0 Å². The molecule has 0 bridgehead atoms. The van der Waals surface area contributed by atoms with Gasteiger partial charge in [-0.1, -0.05) is 31.0 Å². The molecule has 23 heavy (non-hydrogen) atoms. The lowest BCUT2D eigenvalue weighted by atomic mass is 10.1. The monoisotopic (exact) mass is 341 g/mol. The van der Waals surface area contributed by atoms with Crippen LogP contribution >= 0.6 is 11.6 Å². The number of nitrogens with one attached hydrogen (secondary N) is 1. The van der Waals surface area contributed by atoms with Gasteiger partial charge in [-0.2, -0.15) is 0 Å². The van der Waals surface area contributed by atoms with Crippen LogP contribution in [0.15, 0.2) is 18.2 Å². The third-order valence-corrected chi connectivity index (χ3v) is 3.65. The van der Waals surface area contributed by atoms with Crippen molar-refractivity contribution < 1.29 is 14.5 Å². The summed E-state index contributed by atoms with van der Waals surface area (Å²) in [6.45, 7) is 4.82. The summed E-state index contributed by atoms with van der Waals surface area (Å²) < 4.78 is 0. The van der Waals surface area contributed by atoms with Crippen molar-refractivity contribution in [2.24, 2.45) is 0 Å². The van der Waals surface area contributed by atoms with E-state index in [0.29, 0.717) is 13.1 Å². The summed E-state index contributed by atoms with van der Waals surface area (Å²) in [5.74, 6) is -0.966. The Morgan fingerprint density at radius 1 is 1.35 bits per heavy atom. The number of benzene rings is 1. The fourth-order valence-corrected chi connectivity index (χ4v) is 2.31.